The first kappa shape index (κ1) is 14.2. The van der Waals surface area contributed by atoms with Crippen LogP contribution in [0, 0.1) is 0 Å². The standard InChI is InChI=1S/C18H24N2O/c1-18(2,3)19-12-15-9-11-21-17(15)13-20-10-8-14-6-4-5-7-16(14)20/h4-7,9,11,19H,8,10,12-13H2,1-3H3. The van der Waals surface area contributed by atoms with E-state index in [1.54, 1.807) is 6.26 Å². The molecule has 0 saturated carbocycles. The lowest BCUT2D eigenvalue weighted by Crippen LogP contribution is -2.35. The molecular formula is C18H24N2O. The van der Waals surface area contributed by atoms with Crippen LogP contribution >= 0.6 is 0 Å². The van der Waals surface area contributed by atoms with E-state index in [1.807, 2.05) is 0 Å². The van der Waals surface area contributed by atoms with E-state index in [-0.39, 0.29) is 5.54 Å². The van der Waals surface area contributed by atoms with Gasteiger partial charge in [-0.3, -0.25) is 0 Å². The Balaban J connectivity index is 1.71. The third kappa shape index (κ3) is 3.30. The number of hydrogen-bond donors (Lipinski definition) is 1. The van der Waals surface area contributed by atoms with Crippen molar-refractivity contribution in [1.29, 1.82) is 0 Å². The van der Waals surface area contributed by atoms with Crippen LogP contribution < -0.4 is 10.2 Å². The third-order valence-electron chi connectivity index (χ3n) is 3.96. The molecule has 0 unspecified atom stereocenters. The van der Waals surface area contributed by atoms with E-state index >= 15 is 0 Å². The van der Waals surface area contributed by atoms with Gasteiger partial charge < -0.3 is 14.6 Å². The zero-order chi connectivity index (χ0) is 14.9. The Hall–Kier alpha value is -1.74. The lowest BCUT2D eigenvalue weighted by atomic mass is 10.1. The highest BCUT2D eigenvalue weighted by atomic mass is 16.3. The molecule has 0 aliphatic carbocycles. The molecule has 112 valence electrons. The summed E-state index contributed by atoms with van der Waals surface area (Å²) in [5, 5.41) is 3.53. The predicted molar refractivity (Wildman–Crippen MR) is 86.5 cm³/mol. The van der Waals surface area contributed by atoms with Gasteiger partial charge in [-0.25, -0.2) is 0 Å². The van der Waals surface area contributed by atoms with Crippen molar-refractivity contribution in [3.8, 4) is 0 Å². The zero-order valence-electron chi connectivity index (χ0n) is 13.1. The number of nitrogens with one attached hydrogen (secondary N) is 1. The molecule has 0 spiro atoms. The highest BCUT2D eigenvalue weighted by Crippen LogP contribution is 2.29. The third-order valence-corrected chi connectivity index (χ3v) is 3.96. The molecule has 0 atom stereocenters. The summed E-state index contributed by atoms with van der Waals surface area (Å²) in [6.45, 7) is 9.33. The summed E-state index contributed by atoms with van der Waals surface area (Å²) in [6.07, 6.45) is 2.93. The van der Waals surface area contributed by atoms with Crippen molar-refractivity contribution in [2.24, 2.45) is 0 Å². The average molecular weight is 284 g/mol. The molecule has 3 heteroatoms. The van der Waals surface area contributed by atoms with Gasteiger partial charge in [0.2, 0.25) is 0 Å². The Morgan fingerprint density at radius 1 is 1.19 bits per heavy atom. The number of rotatable bonds is 4. The number of furan rings is 1. The average Bonchev–Trinajstić information content (AvgIpc) is 3.04. The number of para-hydroxylation sites is 1. The largest absolute Gasteiger partial charge is 0.467 e. The van der Waals surface area contributed by atoms with Gasteiger partial charge in [-0.2, -0.15) is 0 Å². The fraction of sp³-hybridized carbons (Fsp3) is 0.444. The molecule has 0 bridgehead atoms. The molecule has 1 aromatic heterocycles. The van der Waals surface area contributed by atoms with Crippen LogP contribution in [0.5, 0.6) is 0 Å². The molecule has 1 aromatic carbocycles. The van der Waals surface area contributed by atoms with Gasteiger partial charge in [0, 0.05) is 29.9 Å². The molecule has 1 aliphatic rings. The van der Waals surface area contributed by atoms with E-state index in [4.69, 9.17) is 4.42 Å². The van der Waals surface area contributed by atoms with Crippen LogP contribution in [0.1, 0.15) is 37.7 Å². The summed E-state index contributed by atoms with van der Waals surface area (Å²) in [5.41, 5.74) is 4.17. The second-order valence-corrected chi connectivity index (χ2v) is 6.77. The number of nitrogens with zero attached hydrogens (tertiary/aromatic N) is 1. The van der Waals surface area contributed by atoms with E-state index in [0.717, 1.165) is 31.8 Å². The number of hydrogen-bond acceptors (Lipinski definition) is 3. The molecule has 1 aliphatic heterocycles. The second kappa shape index (κ2) is 5.57. The molecular weight excluding hydrogens is 260 g/mol. The Bertz CT molecular complexity index is 610. The van der Waals surface area contributed by atoms with Gasteiger partial charge in [0.15, 0.2) is 0 Å². The number of anilines is 1. The van der Waals surface area contributed by atoms with Crippen molar-refractivity contribution >= 4 is 5.69 Å². The normalized spacial score (nSPS) is 14.5. The fourth-order valence-electron chi connectivity index (χ4n) is 2.77. The van der Waals surface area contributed by atoms with E-state index in [0.29, 0.717) is 0 Å². The summed E-state index contributed by atoms with van der Waals surface area (Å²) < 4.78 is 5.73. The molecule has 2 aromatic rings. The minimum atomic E-state index is 0.120. The monoisotopic (exact) mass is 284 g/mol. The predicted octanol–water partition coefficient (Wildman–Crippen LogP) is 3.73. The maximum Gasteiger partial charge on any atom is 0.127 e. The highest BCUT2D eigenvalue weighted by molar-refractivity contribution is 5.57. The van der Waals surface area contributed by atoms with Gasteiger partial charge >= 0.3 is 0 Å². The van der Waals surface area contributed by atoms with E-state index in [9.17, 15) is 0 Å². The second-order valence-electron chi connectivity index (χ2n) is 6.77. The molecule has 0 fully saturated rings. The minimum absolute atomic E-state index is 0.120. The lowest BCUT2D eigenvalue weighted by molar-refractivity contribution is 0.418. The van der Waals surface area contributed by atoms with Crippen molar-refractivity contribution in [3.63, 3.8) is 0 Å². The van der Waals surface area contributed by atoms with Crippen LogP contribution in [0.25, 0.3) is 0 Å². The van der Waals surface area contributed by atoms with E-state index in [1.165, 1.54) is 16.8 Å². The summed E-state index contributed by atoms with van der Waals surface area (Å²) in [4.78, 5) is 2.41. The maximum atomic E-state index is 5.73. The fourth-order valence-corrected chi connectivity index (χ4v) is 2.77. The van der Waals surface area contributed by atoms with Gasteiger partial charge in [-0.1, -0.05) is 18.2 Å². The number of benzene rings is 1. The van der Waals surface area contributed by atoms with Gasteiger partial charge in [-0.05, 0) is 44.9 Å². The van der Waals surface area contributed by atoms with Crippen molar-refractivity contribution in [3.05, 3.63) is 53.5 Å². The maximum absolute atomic E-state index is 5.73. The van der Waals surface area contributed by atoms with Crippen molar-refractivity contribution < 1.29 is 4.42 Å². The molecule has 2 heterocycles. The van der Waals surface area contributed by atoms with Crippen molar-refractivity contribution in [2.45, 2.75) is 45.8 Å². The summed E-state index contributed by atoms with van der Waals surface area (Å²) >= 11 is 0. The van der Waals surface area contributed by atoms with Gasteiger partial charge in [0.1, 0.15) is 5.76 Å². The van der Waals surface area contributed by atoms with Gasteiger partial charge in [0.25, 0.3) is 0 Å². The molecule has 0 radical (unpaired) electrons. The first-order chi connectivity index (χ1) is 10.0. The Morgan fingerprint density at radius 3 is 2.81 bits per heavy atom. The summed E-state index contributed by atoms with van der Waals surface area (Å²) in [5.74, 6) is 1.07. The molecule has 0 amide bonds. The number of fused-ring (bicyclic) bond motifs is 1. The SMILES string of the molecule is CC(C)(C)NCc1ccoc1CN1CCc2ccccc21. The molecule has 0 saturated heterocycles. The van der Waals surface area contributed by atoms with Crippen molar-refractivity contribution in [1.82, 2.24) is 5.32 Å². The molecule has 3 nitrogen and oxygen atoms in total. The zero-order valence-corrected chi connectivity index (χ0v) is 13.1. The van der Waals surface area contributed by atoms with E-state index < -0.39 is 0 Å². The lowest BCUT2D eigenvalue weighted by Gasteiger charge is -2.22. The van der Waals surface area contributed by atoms with Gasteiger partial charge in [-0.15, -0.1) is 0 Å². The van der Waals surface area contributed by atoms with Crippen molar-refractivity contribution in [2.75, 3.05) is 11.4 Å². The van der Waals surface area contributed by atoms with Crippen LogP contribution in [0.4, 0.5) is 5.69 Å². The van der Waals surface area contributed by atoms with Gasteiger partial charge in [0.05, 0.1) is 12.8 Å². The summed E-state index contributed by atoms with van der Waals surface area (Å²) in [7, 11) is 0. The topological polar surface area (TPSA) is 28.4 Å². The summed E-state index contributed by atoms with van der Waals surface area (Å²) in [6, 6.07) is 10.7. The van der Waals surface area contributed by atoms with Crippen LogP contribution in [0.15, 0.2) is 41.0 Å². The van der Waals surface area contributed by atoms with Crippen LogP contribution in [-0.2, 0) is 19.5 Å². The highest BCUT2D eigenvalue weighted by Gasteiger charge is 2.21. The Morgan fingerprint density at radius 2 is 2.00 bits per heavy atom. The van der Waals surface area contributed by atoms with Crippen LogP contribution in [-0.4, -0.2) is 12.1 Å². The first-order valence-electron chi connectivity index (χ1n) is 7.66. The Kier molecular flexibility index (Phi) is 3.77. The Labute approximate surface area is 127 Å². The quantitative estimate of drug-likeness (QED) is 0.927. The van der Waals surface area contributed by atoms with E-state index in [2.05, 4.69) is 61.3 Å². The van der Waals surface area contributed by atoms with Crippen LogP contribution in [0.2, 0.25) is 0 Å². The first-order valence-corrected chi connectivity index (χ1v) is 7.66. The van der Waals surface area contributed by atoms with Crippen LogP contribution in [0.3, 0.4) is 0 Å². The molecule has 21 heavy (non-hydrogen) atoms. The molecule has 3 rings (SSSR count). The minimum Gasteiger partial charge on any atom is -0.467 e. The smallest absolute Gasteiger partial charge is 0.127 e. The molecule has 1 N–H and O–H groups in total.